The zero-order valence-electron chi connectivity index (χ0n) is 21.4. The summed E-state index contributed by atoms with van der Waals surface area (Å²) in [5.41, 5.74) is -0.535. The SMILES string of the molecule is CO[C@@H]1[C@@H](n2cc(-c3cc(F)c(F)c(F)c3)nn2)[C@@H](O)[C@@H](CO)O[C@@H]1Cc1cc(C2(OC=O)CCNCC2)on1. The highest BCUT2D eigenvalue weighted by molar-refractivity contribution is 5.58. The van der Waals surface area contributed by atoms with E-state index in [9.17, 15) is 28.2 Å². The number of benzene rings is 1. The molecule has 2 aliphatic heterocycles. The quantitative estimate of drug-likeness (QED) is 0.251. The van der Waals surface area contributed by atoms with Crippen LogP contribution in [0.25, 0.3) is 11.3 Å². The second-order valence-corrected chi connectivity index (χ2v) is 9.76. The molecule has 1 aromatic carbocycles. The van der Waals surface area contributed by atoms with Gasteiger partial charge >= 0.3 is 0 Å². The van der Waals surface area contributed by atoms with Gasteiger partial charge in [0.25, 0.3) is 6.47 Å². The Balaban J connectivity index is 1.41. The molecule has 0 aliphatic carbocycles. The van der Waals surface area contributed by atoms with Crippen LogP contribution in [0.2, 0.25) is 0 Å². The number of piperidine rings is 1. The Hall–Kier alpha value is -3.37. The third-order valence-corrected chi connectivity index (χ3v) is 7.43. The first-order valence-corrected chi connectivity index (χ1v) is 12.6. The van der Waals surface area contributed by atoms with E-state index in [1.807, 2.05) is 0 Å². The van der Waals surface area contributed by atoms with E-state index in [2.05, 4.69) is 20.8 Å². The third-order valence-electron chi connectivity index (χ3n) is 7.43. The molecule has 12 nitrogen and oxygen atoms in total. The van der Waals surface area contributed by atoms with E-state index in [1.54, 1.807) is 6.07 Å². The van der Waals surface area contributed by atoms with E-state index in [0.29, 0.717) is 43.9 Å². The van der Waals surface area contributed by atoms with E-state index < -0.39 is 60.1 Å². The Morgan fingerprint density at radius 3 is 2.58 bits per heavy atom. The Kier molecular flexibility index (Phi) is 8.19. The molecule has 2 fully saturated rings. The Morgan fingerprint density at radius 1 is 1.20 bits per heavy atom. The number of carbonyl (C=O) groups is 1. The number of carbonyl (C=O) groups excluding carboxylic acids is 1. The van der Waals surface area contributed by atoms with Crippen LogP contribution in [0.5, 0.6) is 0 Å². The first-order chi connectivity index (χ1) is 19.3. The van der Waals surface area contributed by atoms with Crippen molar-refractivity contribution >= 4 is 6.47 Å². The van der Waals surface area contributed by atoms with E-state index >= 15 is 0 Å². The molecule has 40 heavy (non-hydrogen) atoms. The Morgan fingerprint density at radius 2 is 1.93 bits per heavy atom. The summed E-state index contributed by atoms with van der Waals surface area (Å²) < 4.78 is 64.9. The number of rotatable bonds is 9. The van der Waals surface area contributed by atoms with Gasteiger partial charge in [-0.25, -0.2) is 17.9 Å². The normalized spacial score (nSPS) is 26.5. The average molecular weight is 568 g/mol. The van der Waals surface area contributed by atoms with Crippen molar-refractivity contribution in [2.75, 3.05) is 26.8 Å². The van der Waals surface area contributed by atoms with Crippen LogP contribution in [0.1, 0.15) is 30.3 Å². The van der Waals surface area contributed by atoms with Crippen molar-refractivity contribution in [3.63, 3.8) is 0 Å². The number of aromatic nitrogens is 4. The highest BCUT2D eigenvalue weighted by Crippen LogP contribution is 2.37. The summed E-state index contributed by atoms with van der Waals surface area (Å²) in [7, 11) is 1.40. The van der Waals surface area contributed by atoms with Gasteiger partial charge in [0.15, 0.2) is 28.8 Å². The highest BCUT2D eigenvalue weighted by Gasteiger charge is 2.48. The molecule has 3 N–H and O–H groups in total. The average Bonchev–Trinajstić information content (AvgIpc) is 3.63. The summed E-state index contributed by atoms with van der Waals surface area (Å²) in [6, 6.07) is 2.29. The molecule has 5 rings (SSSR count). The van der Waals surface area contributed by atoms with Crippen LogP contribution >= 0.6 is 0 Å². The number of nitrogens with zero attached hydrogens (tertiary/aromatic N) is 4. The number of ether oxygens (including phenoxy) is 3. The second-order valence-electron chi connectivity index (χ2n) is 9.76. The largest absolute Gasteiger partial charge is 0.453 e. The first kappa shape index (κ1) is 28.2. The van der Waals surface area contributed by atoms with Gasteiger partial charge < -0.3 is 34.3 Å². The molecule has 5 atom stereocenters. The molecular formula is C25H28F3N5O7. The van der Waals surface area contributed by atoms with Gasteiger partial charge in [0, 0.05) is 38.0 Å². The maximum atomic E-state index is 13.8. The number of methoxy groups -OCH3 is 1. The van der Waals surface area contributed by atoms with Crippen LogP contribution in [0.3, 0.4) is 0 Å². The fraction of sp³-hybridized carbons (Fsp3) is 0.520. The number of aliphatic hydroxyl groups excluding tert-OH is 2. The zero-order valence-corrected chi connectivity index (χ0v) is 21.4. The fourth-order valence-electron chi connectivity index (χ4n) is 5.36. The maximum absolute atomic E-state index is 13.8. The predicted octanol–water partition coefficient (Wildman–Crippen LogP) is 1.02. The molecule has 2 aromatic heterocycles. The minimum atomic E-state index is -1.61. The van der Waals surface area contributed by atoms with E-state index in [0.717, 1.165) is 12.1 Å². The topological polar surface area (TPSA) is 154 Å². The van der Waals surface area contributed by atoms with Gasteiger partial charge in [0.1, 0.15) is 30.0 Å². The van der Waals surface area contributed by atoms with Crippen molar-refractivity contribution in [2.24, 2.45) is 0 Å². The number of nitrogens with one attached hydrogen (secondary N) is 1. The van der Waals surface area contributed by atoms with E-state index in [4.69, 9.17) is 18.7 Å². The van der Waals surface area contributed by atoms with Gasteiger partial charge in [-0.2, -0.15) is 0 Å². The van der Waals surface area contributed by atoms with E-state index in [1.165, 1.54) is 18.0 Å². The lowest BCUT2D eigenvalue weighted by atomic mass is 9.88. The summed E-state index contributed by atoms with van der Waals surface area (Å²) >= 11 is 0. The molecule has 0 amide bonds. The van der Waals surface area contributed by atoms with Crippen molar-refractivity contribution in [2.45, 2.75) is 55.3 Å². The summed E-state index contributed by atoms with van der Waals surface area (Å²) in [4.78, 5) is 11.2. The molecule has 2 aliphatic rings. The van der Waals surface area contributed by atoms with Crippen molar-refractivity contribution in [1.82, 2.24) is 25.5 Å². The molecule has 15 heteroatoms. The second kappa shape index (κ2) is 11.6. The molecule has 4 heterocycles. The molecule has 0 spiro atoms. The highest BCUT2D eigenvalue weighted by atomic mass is 19.2. The molecule has 0 unspecified atom stereocenters. The number of hydrogen-bond acceptors (Lipinski definition) is 11. The predicted molar refractivity (Wildman–Crippen MR) is 128 cm³/mol. The van der Waals surface area contributed by atoms with Crippen LogP contribution in [-0.4, -0.2) is 88.1 Å². The summed E-state index contributed by atoms with van der Waals surface area (Å²) in [6.07, 6.45) is -1.52. The number of hydrogen-bond donors (Lipinski definition) is 3. The van der Waals surface area contributed by atoms with Gasteiger partial charge in [0.05, 0.1) is 24.6 Å². The first-order valence-electron chi connectivity index (χ1n) is 12.6. The summed E-state index contributed by atoms with van der Waals surface area (Å²) in [5, 5.41) is 36.2. The van der Waals surface area contributed by atoms with Gasteiger partial charge in [-0.05, 0) is 25.2 Å². The minimum Gasteiger partial charge on any atom is -0.453 e. The fourth-order valence-corrected chi connectivity index (χ4v) is 5.36. The summed E-state index contributed by atoms with van der Waals surface area (Å²) in [6.45, 7) is 1.10. The molecule has 216 valence electrons. The minimum absolute atomic E-state index is 0.0204. The van der Waals surface area contributed by atoms with Crippen molar-refractivity contribution < 1.29 is 46.9 Å². The molecular weight excluding hydrogens is 539 g/mol. The van der Waals surface area contributed by atoms with Crippen molar-refractivity contribution in [3.05, 3.63) is 53.3 Å². The maximum Gasteiger partial charge on any atom is 0.294 e. The lowest BCUT2D eigenvalue weighted by Crippen LogP contribution is -2.57. The third kappa shape index (κ3) is 5.22. The van der Waals surface area contributed by atoms with Crippen LogP contribution in [-0.2, 0) is 31.0 Å². The standard InChI is InChI=1S/C25H28F3N5O7/c1-37-24-18(8-14-9-20(40-31-14)25(38-12-35)2-4-29-5-3-25)39-19(11-34)23(36)22(24)33-10-17(30-32-33)13-6-15(26)21(28)16(27)7-13/h6-7,9-10,12,18-19,22-24,29,34,36H,2-5,8,11H2,1H3/t18-,19-,22+,23+,24+/m1/s1. The van der Waals surface area contributed by atoms with Crippen LogP contribution < -0.4 is 5.32 Å². The van der Waals surface area contributed by atoms with Gasteiger partial charge in [-0.1, -0.05) is 10.4 Å². The van der Waals surface area contributed by atoms with E-state index in [-0.39, 0.29) is 17.7 Å². The van der Waals surface area contributed by atoms with Crippen molar-refractivity contribution in [1.29, 1.82) is 0 Å². The Bertz CT molecular complexity index is 1310. The molecule has 2 saturated heterocycles. The van der Waals surface area contributed by atoms with Gasteiger partial charge in [-0.3, -0.25) is 4.79 Å². The molecule has 0 saturated carbocycles. The Labute approximate surface area is 226 Å². The zero-order chi connectivity index (χ0) is 28.4. The van der Waals surface area contributed by atoms with Crippen molar-refractivity contribution in [3.8, 4) is 11.3 Å². The smallest absolute Gasteiger partial charge is 0.294 e. The van der Waals surface area contributed by atoms with Crippen LogP contribution in [0, 0.1) is 17.5 Å². The monoisotopic (exact) mass is 567 g/mol. The van der Waals surface area contributed by atoms with Crippen LogP contribution in [0.15, 0.2) is 28.9 Å². The summed E-state index contributed by atoms with van der Waals surface area (Å²) in [5.74, 6) is -4.00. The lowest BCUT2D eigenvalue weighted by molar-refractivity contribution is -0.212. The van der Waals surface area contributed by atoms with Gasteiger partial charge in [-0.15, -0.1) is 5.10 Å². The molecule has 0 radical (unpaired) electrons. The molecule has 3 aromatic rings. The molecule has 0 bridgehead atoms. The number of aliphatic hydroxyl groups is 2. The van der Waals surface area contributed by atoms with Gasteiger partial charge in [0.2, 0.25) is 0 Å². The number of halogens is 3. The van der Waals surface area contributed by atoms with Crippen LogP contribution in [0.4, 0.5) is 13.2 Å². The lowest BCUT2D eigenvalue weighted by Gasteiger charge is -2.43.